The zero-order valence-corrected chi connectivity index (χ0v) is 13.9. The first-order valence-electron chi connectivity index (χ1n) is 8.04. The minimum absolute atomic E-state index is 0.142. The van der Waals surface area contributed by atoms with Gasteiger partial charge in [-0.3, -0.25) is 9.69 Å². The molecule has 1 aromatic rings. The van der Waals surface area contributed by atoms with Gasteiger partial charge in [0.05, 0.1) is 13.2 Å². The molecule has 0 amide bonds. The van der Waals surface area contributed by atoms with Crippen molar-refractivity contribution in [2.75, 3.05) is 26.2 Å². The van der Waals surface area contributed by atoms with Gasteiger partial charge in [0, 0.05) is 12.5 Å². The molecule has 4 nitrogen and oxygen atoms in total. The third-order valence-electron chi connectivity index (χ3n) is 3.60. The fourth-order valence-electron chi connectivity index (χ4n) is 2.72. The highest BCUT2D eigenvalue weighted by Gasteiger charge is 2.24. The summed E-state index contributed by atoms with van der Waals surface area (Å²) in [7, 11) is 0. The standard InChI is InChI=1S/C18H27NO3/c1-18(2,3)22-17(20)13-19-11-7-8-15(12-19)14-21-16-9-5-4-6-10-16/h4-6,9-10,15H,7-8,11-14H2,1-3H3. The van der Waals surface area contributed by atoms with E-state index in [-0.39, 0.29) is 5.97 Å². The topological polar surface area (TPSA) is 38.8 Å². The van der Waals surface area contributed by atoms with Crippen molar-refractivity contribution in [2.24, 2.45) is 5.92 Å². The molecule has 1 aliphatic heterocycles. The first-order chi connectivity index (χ1) is 10.4. The molecule has 0 saturated carbocycles. The maximum Gasteiger partial charge on any atom is 0.320 e. The molecule has 0 radical (unpaired) electrons. The van der Waals surface area contributed by atoms with Gasteiger partial charge in [-0.2, -0.15) is 0 Å². The van der Waals surface area contributed by atoms with E-state index in [4.69, 9.17) is 9.47 Å². The van der Waals surface area contributed by atoms with Crippen molar-refractivity contribution < 1.29 is 14.3 Å². The number of benzene rings is 1. The van der Waals surface area contributed by atoms with E-state index in [9.17, 15) is 4.79 Å². The van der Waals surface area contributed by atoms with Gasteiger partial charge in [-0.25, -0.2) is 0 Å². The fraction of sp³-hybridized carbons (Fsp3) is 0.611. The molecular formula is C18H27NO3. The molecule has 1 aromatic carbocycles. The Morgan fingerprint density at radius 2 is 2.00 bits per heavy atom. The molecule has 1 unspecified atom stereocenters. The van der Waals surface area contributed by atoms with Crippen molar-refractivity contribution in [2.45, 2.75) is 39.2 Å². The molecule has 1 heterocycles. The molecular weight excluding hydrogens is 278 g/mol. The van der Waals surface area contributed by atoms with Crippen LogP contribution in [0.15, 0.2) is 30.3 Å². The van der Waals surface area contributed by atoms with Crippen molar-refractivity contribution in [3.05, 3.63) is 30.3 Å². The van der Waals surface area contributed by atoms with E-state index in [1.807, 2.05) is 51.1 Å². The largest absolute Gasteiger partial charge is 0.493 e. The first kappa shape index (κ1) is 16.8. The lowest BCUT2D eigenvalue weighted by atomic mass is 9.99. The summed E-state index contributed by atoms with van der Waals surface area (Å²) in [5.74, 6) is 1.24. The number of nitrogens with zero attached hydrogens (tertiary/aromatic N) is 1. The van der Waals surface area contributed by atoms with Crippen LogP contribution in [-0.4, -0.2) is 42.7 Å². The minimum atomic E-state index is -0.414. The average molecular weight is 305 g/mol. The first-order valence-corrected chi connectivity index (χ1v) is 8.04. The molecule has 0 bridgehead atoms. The Morgan fingerprint density at radius 3 is 2.68 bits per heavy atom. The summed E-state index contributed by atoms with van der Waals surface area (Å²) in [5.41, 5.74) is -0.414. The number of carbonyl (C=O) groups is 1. The van der Waals surface area contributed by atoms with E-state index in [2.05, 4.69) is 4.90 Å². The summed E-state index contributed by atoms with van der Waals surface area (Å²) in [6, 6.07) is 9.88. The number of esters is 1. The van der Waals surface area contributed by atoms with E-state index >= 15 is 0 Å². The van der Waals surface area contributed by atoms with Gasteiger partial charge in [0.1, 0.15) is 11.4 Å². The molecule has 1 fully saturated rings. The highest BCUT2D eigenvalue weighted by atomic mass is 16.6. The zero-order chi connectivity index (χ0) is 16.0. The summed E-state index contributed by atoms with van der Waals surface area (Å²) >= 11 is 0. The molecule has 0 N–H and O–H groups in total. The molecule has 0 aliphatic carbocycles. The van der Waals surface area contributed by atoms with Gasteiger partial charge in [0.25, 0.3) is 0 Å². The van der Waals surface area contributed by atoms with Crippen molar-refractivity contribution in [3.8, 4) is 5.75 Å². The van der Waals surface area contributed by atoms with Crippen molar-refractivity contribution in [1.82, 2.24) is 4.90 Å². The Bertz CT molecular complexity index is 467. The number of piperidine rings is 1. The van der Waals surface area contributed by atoms with Gasteiger partial charge in [-0.05, 0) is 52.3 Å². The predicted octanol–water partition coefficient (Wildman–Crippen LogP) is 3.12. The van der Waals surface area contributed by atoms with Gasteiger partial charge < -0.3 is 9.47 Å². The lowest BCUT2D eigenvalue weighted by Crippen LogP contribution is -2.42. The van der Waals surface area contributed by atoms with E-state index < -0.39 is 5.60 Å². The van der Waals surface area contributed by atoms with Gasteiger partial charge in [-0.15, -0.1) is 0 Å². The highest BCUT2D eigenvalue weighted by molar-refractivity contribution is 5.72. The van der Waals surface area contributed by atoms with Crippen LogP contribution in [0.5, 0.6) is 5.75 Å². The van der Waals surface area contributed by atoms with Crippen LogP contribution in [0.4, 0.5) is 0 Å². The van der Waals surface area contributed by atoms with Crippen LogP contribution in [0.2, 0.25) is 0 Å². The van der Waals surface area contributed by atoms with Crippen LogP contribution < -0.4 is 4.74 Å². The predicted molar refractivity (Wildman–Crippen MR) is 86.9 cm³/mol. The second-order valence-corrected chi connectivity index (χ2v) is 6.95. The zero-order valence-electron chi connectivity index (χ0n) is 13.9. The van der Waals surface area contributed by atoms with E-state index in [1.54, 1.807) is 0 Å². The molecule has 22 heavy (non-hydrogen) atoms. The van der Waals surface area contributed by atoms with E-state index in [1.165, 1.54) is 0 Å². The number of carbonyl (C=O) groups excluding carboxylic acids is 1. The van der Waals surface area contributed by atoms with Crippen LogP contribution in [0.1, 0.15) is 33.6 Å². The van der Waals surface area contributed by atoms with Crippen LogP contribution in [0.3, 0.4) is 0 Å². The summed E-state index contributed by atoms with van der Waals surface area (Å²) in [6.45, 7) is 8.63. The SMILES string of the molecule is CC(C)(C)OC(=O)CN1CCCC(COc2ccccc2)C1. The van der Waals surface area contributed by atoms with Crippen molar-refractivity contribution in [1.29, 1.82) is 0 Å². The second kappa shape index (κ2) is 7.63. The number of hydrogen-bond donors (Lipinski definition) is 0. The summed E-state index contributed by atoms with van der Waals surface area (Å²) in [5, 5.41) is 0. The number of ether oxygens (including phenoxy) is 2. The monoisotopic (exact) mass is 305 g/mol. The fourth-order valence-corrected chi connectivity index (χ4v) is 2.72. The molecule has 0 aromatic heterocycles. The molecule has 1 saturated heterocycles. The quantitative estimate of drug-likeness (QED) is 0.784. The third kappa shape index (κ3) is 6.06. The van der Waals surface area contributed by atoms with Crippen LogP contribution >= 0.6 is 0 Å². The Balaban J connectivity index is 1.75. The van der Waals surface area contributed by atoms with Gasteiger partial charge in [0.15, 0.2) is 0 Å². The Labute approximate surface area is 133 Å². The number of para-hydroxylation sites is 1. The average Bonchev–Trinajstić information content (AvgIpc) is 2.44. The Morgan fingerprint density at radius 1 is 1.27 bits per heavy atom. The maximum atomic E-state index is 11.9. The van der Waals surface area contributed by atoms with Gasteiger partial charge >= 0.3 is 5.97 Å². The number of hydrogen-bond acceptors (Lipinski definition) is 4. The normalized spacial score (nSPS) is 19.7. The highest BCUT2D eigenvalue weighted by Crippen LogP contribution is 2.19. The van der Waals surface area contributed by atoms with Gasteiger partial charge in [0.2, 0.25) is 0 Å². The summed E-state index contributed by atoms with van der Waals surface area (Å²) in [4.78, 5) is 14.1. The van der Waals surface area contributed by atoms with Crippen LogP contribution in [-0.2, 0) is 9.53 Å². The molecule has 1 atom stereocenters. The van der Waals surface area contributed by atoms with Crippen LogP contribution in [0.25, 0.3) is 0 Å². The number of likely N-dealkylation sites (tertiary alicyclic amines) is 1. The third-order valence-corrected chi connectivity index (χ3v) is 3.60. The smallest absolute Gasteiger partial charge is 0.320 e. The molecule has 1 aliphatic rings. The minimum Gasteiger partial charge on any atom is -0.493 e. The lowest BCUT2D eigenvalue weighted by molar-refractivity contribution is -0.156. The van der Waals surface area contributed by atoms with Crippen molar-refractivity contribution in [3.63, 3.8) is 0 Å². The molecule has 4 heteroatoms. The Kier molecular flexibility index (Phi) is 5.83. The summed E-state index contributed by atoms with van der Waals surface area (Å²) in [6.07, 6.45) is 2.25. The van der Waals surface area contributed by atoms with Crippen LogP contribution in [0, 0.1) is 5.92 Å². The maximum absolute atomic E-state index is 11.9. The number of rotatable bonds is 5. The molecule has 2 rings (SSSR count). The van der Waals surface area contributed by atoms with E-state index in [0.29, 0.717) is 19.1 Å². The van der Waals surface area contributed by atoms with E-state index in [0.717, 1.165) is 31.7 Å². The Hall–Kier alpha value is -1.55. The molecule has 122 valence electrons. The summed E-state index contributed by atoms with van der Waals surface area (Å²) < 4.78 is 11.2. The lowest BCUT2D eigenvalue weighted by Gasteiger charge is -2.32. The van der Waals surface area contributed by atoms with Gasteiger partial charge in [-0.1, -0.05) is 18.2 Å². The second-order valence-electron chi connectivity index (χ2n) is 6.95. The van der Waals surface area contributed by atoms with Crippen molar-refractivity contribution >= 4 is 5.97 Å². The molecule has 0 spiro atoms.